The van der Waals surface area contributed by atoms with E-state index in [-0.39, 0.29) is 58.1 Å². The Bertz CT molecular complexity index is 1710. The summed E-state index contributed by atoms with van der Waals surface area (Å²) in [7, 11) is -7.96. The van der Waals surface area contributed by atoms with Crippen molar-refractivity contribution < 1.29 is 41.0 Å². The summed E-state index contributed by atoms with van der Waals surface area (Å²) in [4.78, 5) is 12.2. The molecule has 4 heterocycles. The maximum Gasteiger partial charge on any atom is 0.243 e. The monoisotopic (exact) mass is 648 g/mol. The van der Waals surface area contributed by atoms with Crippen LogP contribution in [0.2, 0.25) is 0 Å². The summed E-state index contributed by atoms with van der Waals surface area (Å²) < 4.78 is 80.3. The molecule has 0 saturated carbocycles. The van der Waals surface area contributed by atoms with Crippen molar-refractivity contribution in [3.05, 3.63) is 41.3 Å². The van der Waals surface area contributed by atoms with Gasteiger partial charge in [-0.2, -0.15) is 8.61 Å². The van der Waals surface area contributed by atoms with Gasteiger partial charge in [0.25, 0.3) is 0 Å². The van der Waals surface area contributed by atoms with E-state index in [1.54, 1.807) is 0 Å². The quantitative estimate of drug-likeness (QED) is 0.228. The number of hydrogen-bond acceptors (Lipinski definition) is 12. The lowest BCUT2D eigenvalue weighted by atomic mass is 9.99. The average Bonchev–Trinajstić information content (AvgIpc) is 3.69. The summed E-state index contributed by atoms with van der Waals surface area (Å²) in [5, 5.41) is 14.3. The van der Waals surface area contributed by atoms with Crippen LogP contribution >= 0.6 is 0 Å². The van der Waals surface area contributed by atoms with Gasteiger partial charge in [0, 0.05) is 73.4 Å². The molecule has 3 aromatic carbocycles. The van der Waals surface area contributed by atoms with E-state index >= 15 is 0 Å². The van der Waals surface area contributed by atoms with Crippen molar-refractivity contribution in [1.29, 1.82) is 0 Å². The molecule has 3 aromatic rings. The molecular weight excluding hydrogens is 616 g/mol. The first-order valence-electron chi connectivity index (χ1n) is 14.4. The maximum absolute atomic E-state index is 13.7. The molecule has 14 nitrogen and oxygen atoms in total. The second kappa shape index (κ2) is 10.9. The van der Waals surface area contributed by atoms with Gasteiger partial charge in [0.1, 0.15) is 5.69 Å². The number of benzene rings is 3. The first-order valence-corrected chi connectivity index (χ1v) is 17.3. The lowest BCUT2D eigenvalue weighted by molar-refractivity contribution is -0.179. The lowest BCUT2D eigenvalue weighted by Gasteiger charge is -2.36. The van der Waals surface area contributed by atoms with Crippen molar-refractivity contribution in [2.45, 2.75) is 47.0 Å². The number of nitrogens with zero attached hydrogens (tertiary/aromatic N) is 3. The third kappa shape index (κ3) is 4.80. The largest absolute Gasteiger partial charge is 0.347 e. The number of hydrogen-bond donors (Lipinski definition) is 2. The number of ether oxygens (including phenoxy) is 4. The molecule has 16 heteroatoms. The minimum absolute atomic E-state index is 0.0651. The molecule has 0 amide bonds. The molecule has 4 aliphatic rings. The van der Waals surface area contributed by atoms with Crippen molar-refractivity contribution in [3.8, 4) is 0 Å². The fourth-order valence-corrected chi connectivity index (χ4v) is 9.64. The molecule has 4 aliphatic heterocycles. The van der Waals surface area contributed by atoms with Crippen LogP contribution in [-0.2, 0) is 39.0 Å². The topological polar surface area (TPSA) is 173 Å². The molecule has 0 bridgehead atoms. The first kappa shape index (κ1) is 29.9. The number of piperidine rings is 2. The lowest BCUT2D eigenvalue weighted by Crippen LogP contribution is -2.47. The molecule has 2 spiro atoms. The Morgan fingerprint density at radius 1 is 0.659 bits per heavy atom. The van der Waals surface area contributed by atoms with Crippen LogP contribution in [0.5, 0.6) is 0 Å². The van der Waals surface area contributed by atoms with Crippen LogP contribution in [-0.4, -0.2) is 94.8 Å². The Morgan fingerprint density at radius 3 is 1.39 bits per heavy atom. The molecule has 0 aromatic heterocycles. The Labute approximate surface area is 253 Å². The van der Waals surface area contributed by atoms with E-state index in [2.05, 4.69) is 10.7 Å². The van der Waals surface area contributed by atoms with Gasteiger partial charge in [-0.3, -0.25) is 10.7 Å². The zero-order valence-electron chi connectivity index (χ0n) is 23.7. The molecule has 2 N–H and O–H groups in total. The van der Waals surface area contributed by atoms with Gasteiger partial charge < -0.3 is 18.9 Å². The van der Waals surface area contributed by atoms with Crippen molar-refractivity contribution in [2.75, 3.05) is 58.1 Å². The number of anilines is 1. The van der Waals surface area contributed by atoms with Crippen LogP contribution in [0.3, 0.4) is 0 Å². The minimum atomic E-state index is -3.98. The Hall–Kier alpha value is -2.80. The third-order valence-corrected chi connectivity index (χ3v) is 12.9. The van der Waals surface area contributed by atoms with Gasteiger partial charge in [-0.05, 0) is 29.4 Å². The molecule has 4 fully saturated rings. The summed E-state index contributed by atoms with van der Waals surface area (Å²) in [6, 6.07) is 8.47. The van der Waals surface area contributed by atoms with E-state index in [1.807, 2.05) is 0 Å². The van der Waals surface area contributed by atoms with E-state index in [0.29, 0.717) is 62.9 Å². The first-order chi connectivity index (χ1) is 21.1. The smallest absolute Gasteiger partial charge is 0.243 e. The Kier molecular flexibility index (Phi) is 7.42. The number of nitroso groups, excluding NO2 is 1. The van der Waals surface area contributed by atoms with Gasteiger partial charge in [0.15, 0.2) is 11.6 Å². The van der Waals surface area contributed by atoms with E-state index in [1.165, 1.54) is 45.0 Å². The highest BCUT2D eigenvalue weighted by atomic mass is 32.2. The molecule has 7 rings (SSSR count). The zero-order valence-corrected chi connectivity index (χ0v) is 25.4. The highest BCUT2D eigenvalue weighted by Gasteiger charge is 2.44. The number of sulfonamides is 2. The standard InChI is InChI=1S/C28H32N4O10S2/c33-29-25-21-3-1-19(43(35,36)31-9-5-27(6-10-31)39-13-14-40-27)17-23(21)26(30-34)24-18-20(2-4-22(24)25)44(37,38)32-11-7-28(8-12-32)41-15-16-42-28/h1-4,17-18,29,33H,5-16H2. The molecule has 0 unspecified atom stereocenters. The highest BCUT2D eigenvalue weighted by molar-refractivity contribution is 7.89. The van der Waals surface area contributed by atoms with E-state index in [4.69, 9.17) is 18.9 Å². The summed E-state index contributed by atoms with van der Waals surface area (Å²) in [5.74, 6) is -1.51. The Morgan fingerprint density at radius 2 is 1.05 bits per heavy atom. The van der Waals surface area contributed by atoms with Crippen LogP contribution in [0.15, 0.2) is 51.4 Å². The van der Waals surface area contributed by atoms with E-state index in [0.717, 1.165) is 0 Å². The molecular formula is C28H32N4O10S2. The van der Waals surface area contributed by atoms with Crippen molar-refractivity contribution in [3.63, 3.8) is 0 Å². The summed E-state index contributed by atoms with van der Waals surface area (Å²) in [5.41, 5.74) is 2.19. The van der Waals surface area contributed by atoms with Crippen LogP contribution in [0.1, 0.15) is 25.7 Å². The maximum atomic E-state index is 13.7. The average molecular weight is 649 g/mol. The second-order valence-electron chi connectivity index (χ2n) is 11.4. The zero-order chi connectivity index (χ0) is 30.7. The number of nitrogens with one attached hydrogen (secondary N) is 1. The summed E-state index contributed by atoms with van der Waals surface area (Å²) >= 11 is 0. The SMILES string of the molecule is O=Nc1c2cc(S(=O)(=O)N3CCC4(CC3)OCCO4)ccc2c(NO)c2ccc(S(=O)(=O)N3CCC4(CC3)OCCO4)cc12. The van der Waals surface area contributed by atoms with Gasteiger partial charge in [0.05, 0.1) is 41.9 Å². The van der Waals surface area contributed by atoms with E-state index in [9.17, 15) is 26.9 Å². The van der Waals surface area contributed by atoms with Gasteiger partial charge in [-0.1, -0.05) is 12.1 Å². The second-order valence-corrected chi connectivity index (χ2v) is 15.2. The van der Waals surface area contributed by atoms with Crippen molar-refractivity contribution in [1.82, 2.24) is 8.61 Å². The van der Waals surface area contributed by atoms with E-state index < -0.39 is 31.6 Å². The molecule has 4 saturated heterocycles. The number of rotatable bonds is 6. The predicted octanol–water partition coefficient (Wildman–Crippen LogP) is 3.25. The molecule has 0 aliphatic carbocycles. The summed E-state index contributed by atoms with van der Waals surface area (Å²) in [6.07, 6.45) is 1.55. The minimum Gasteiger partial charge on any atom is -0.347 e. The Balaban J connectivity index is 1.26. The van der Waals surface area contributed by atoms with Crippen molar-refractivity contribution >= 4 is 53.0 Å². The fraction of sp³-hybridized carbons (Fsp3) is 0.500. The van der Waals surface area contributed by atoms with Crippen LogP contribution in [0, 0.1) is 4.91 Å². The molecule has 44 heavy (non-hydrogen) atoms. The van der Waals surface area contributed by atoms with Crippen LogP contribution in [0.25, 0.3) is 21.5 Å². The predicted molar refractivity (Wildman–Crippen MR) is 158 cm³/mol. The van der Waals surface area contributed by atoms with Gasteiger partial charge in [-0.25, -0.2) is 16.8 Å². The van der Waals surface area contributed by atoms with Gasteiger partial charge >= 0.3 is 0 Å². The van der Waals surface area contributed by atoms with Gasteiger partial charge in [-0.15, -0.1) is 4.91 Å². The molecule has 0 radical (unpaired) electrons. The number of fused-ring (bicyclic) bond motifs is 2. The summed E-state index contributed by atoms with van der Waals surface area (Å²) in [6.45, 7) is 2.66. The normalized spacial score (nSPS) is 22.8. The van der Waals surface area contributed by atoms with Crippen molar-refractivity contribution in [2.24, 2.45) is 5.18 Å². The molecule has 236 valence electrons. The van der Waals surface area contributed by atoms with Crippen LogP contribution in [0.4, 0.5) is 11.4 Å². The highest BCUT2D eigenvalue weighted by Crippen LogP contribution is 2.44. The van der Waals surface area contributed by atoms with Crippen LogP contribution < -0.4 is 5.48 Å². The van der Waals surface area contributed by atoms with Gasteiger partial charge in [0.2, 0.25) is 20.0 Å². The molecule has 0 atom stereocenters. The third-order valence-electron chi connectivity index (χ3n) is 9.11. The fourth-order valence-electron chi connectivity index (χ4n) is 6.71.